The van der Waals surface area contributed by atoms with E-state index in [-0.39, 0.29) is 5.92 Å². The zero-order valence-electron chi connectivity index (χ0n) is 16.1. The molecule has 146 valence electrons. The molecular weight excluding hydrogens is 366 g/mol. The molecule has 0 spiro atoms. The Morgan fingerprint density at radius 3 is 3.00 bits per heavy atom. The van der Waals surface area contributed by atoms with E-state index < -0.39 is 0 Å². The van der Waals surface area contributed by atoms with Crippen molar-refractivity contribution in [3.05, 3.63) is 65.6 Å². The molecule has 4 aromatic rings. The molecule has 6 rings (SSSR count). The lowest BCUT2D eigenvalue weighted by Crippen LogP contribution is -2.34. The topological polar surface area (TPSA) is 84.2 Å². The predicted molar refractivity (Wildman–Crippen MR) is 107 cm³/mol. The summed E-state index contributed by atoms with van der Waals surface area (Å²) in [7, 11) is 1.70. The highest BCUT2D eigenvalue weighted by Crippen LogP contribution is 2.42. The molecule has 1 unspecified atom stereocenters. The Kier molecular flexibility index (Phi) is 3.59. The first kappa shape index (κ1) is 16.5. The maximum Gasteiger partial charge on any atom is 0.200 e. The van der Waals surface area contributed by atoms with Crippen LogP contribution in [0.4, 0.5) is 5.69 Å². The van der Waals surface area contributed by atoms with Gasteiger partial charge in [-0.1, -0.05) is 12.1 Å². The van der Waals surface area contributed by atoms with Crippen LogP contribution in [0.15, 0.2) is 43.0 Å². The van der Waals surface area contributed by atoms with Gasteiger partial charge in [-0.3, -0.25) is 0 Å². The second kappa shape index (κ2) is 6.30. The van der Waals surface area contributed by atoms with E-state index in [9.17, 15) is 0 Å². The summed E-state index contributed by atoms with van der Waals surface area (Å²) in [6.45, 7) is 1.56. The van der Waals surface area contributed by atoms with E-state index in [0.29, 0.717) is 5.92 Å². The van der Waals surface area contributed by atoms with E-state index in [1.807, 2.05) is 16.6 Å². The number of H-pyrrole nitrogens is 1. The van der Waals surface area contributed by atoms with E-state index in [1.54, 1.807) is 19.8 Å². The number of aromatic nitrogens is 6. The monoisotopic (exact) mass is 387 g/mol. The molecule has 1 fully saturated rings. The fourth-order valence-electron chi connectivity index (χ4n) is 4.27. The summed E-state index contributed by atoms with van der Waals surface area (Å²) in [5.41, 5.74) is 6.42. The van der Waals surface area contributed by atoms with Crippen molar-refractivity contribution in [1.82, 2.24) is 29.8 Å². The number of anilines is 1. The number of nitrogens with one attached hydrogen (secondary N) is 1. The molecule has 1 saturated carbocycles. The molecule has 1 atom stereocenters. The molecule has 0 bridgehead atoms. The van der Waals surface area contributed by atoms with Gasteiger partial charge >= 0.3 is 0 Å². The number of imidazole rings is 1. The maximum absolute atomic E-state index is 5.45. The van der Waals surface area contributed by atoms with Gasteiger partial charge in [0.15, 0.2) is 0 Å². The van der Waals surface area contributed by atoms with Gasteiger partial charge in [-0.2, -0.15) is 9.61 Å². The number of ether oxygens (including phenoxy) is 1. The number of hydrogen-bond donors (Lipinski definition) is 1. The minimum Gasteiger partial charge on any atom is -0.497 e. The van der Waals surface area contributed by atoms with E-state index >= 15 is 0 Å². The first-order valence-electron chi connectivity index (χ1n) is 9.92. The quantitative estimate of drug-likeness (QED) is 0.580. The lowest BCUT2D eigenvalue weighted by molar-refractivity contribution is 0.414. The normalized spacial score (nSPS) is 18.8. The number of rotatable bonds is 4. The standard InChI is InChI=1S/C21H21N7O/c1-29-15-4-2-3-14(7-15)16-9-27(10-18-20(16)23-11-22-18)19-8-17(13-5-6-13)26-28-12-24-25-21(19)28/h2-4,7-8,11-13,16H,5-6,9-10H2,1H3,(H,22,23). The van der Waals surface area contributed by atoms with Crippen molar-refractivity contribution >= 4 is 11.3 Å². The number of benzene rings is 1. The van der Waals surface area contributed by atoms with Crippen molar-refractivity contribution in [3.8, 4) is 5.75 Å². The smallest absolute Gasteiger partial charge is 0.200 e. The molecule has 8 nitrogen and oxygen atoms in total. The lowest BCUT2D eigenvalue weighted by Gasteiger charge is -2.34. The first-order chi connectivity index (χ1) is 14.3. The van der Waals surface area contributed by atoms with Crippen LogP contribution in [0.2, 0.25) is 0 Å². The Hall–Kier alpha value is -3.42. The predicted octanol–water partition coefficient (Wildman–Crippen LogP) is 2.89. The van der Waals surface area contributed by atoms with E-state index in [0.717, 1.165) is 47.3 Å². The lowest BCUT2D eigenvalue weighted by atomic mass is 9.90. The third-order valence-corrected chi connectivity index (χ3v) is 5.93. The average Bonchev–Trinajstić information content (AvgIpc) is 3.31. The fraction of sp³-hybridized carbons (Fsp3) is 0.333. The molecule has 4 heterocycles. The van der Waals surface area contributed by atoms with Crippen molar-refractivity contribution in [3.63, 3.8) is 0 Å². The van der Waals surface area contributed by atoms with E-state index in [2.05, 4.69) is 43.3 Å². The average molecular weight is 387 g/mol. The van der Waals surface area contributed by atoms with Crippen molar-refractivity contribution < 1.29 is 4.74 Å². The van der Waals surface area contributed by atoms with Crippen LogP contribution in [0, 0.1) is 0 Å². The third-order valence-electron chi connectivity index (χ3n) is 5.93. The van der Waals surface area contributed by atoms with Crippen LogP contribution in [0.1, 0.15) is 47.3 Å². The van der Waals surface area contributed by atoms with Crippen molar-refractivity contribution in [2.75, 3.05) is 18.6 Å². The van der Waals surface area contributed by atoms with Gasteiger partial charge in [-0.15, -0.1) is 10.2 Å². The zero-order valence-corrected chi connectivity index (χ0v) is 16.1. The minimum absolute atomic E-state index is 0.139. The summed E-state index contributed by atoms with van der Waals surface area (Å²) < 4.78 is 7.26. The Bertz CT molecular complexity index is 1190. The van der Waals surface area contributed by atoms with Gasteiger partial charge in [0.1, 0.15) is 12.1 Å². The molecule has 1 N–H and O–H groups in total. The third kappa shape index (κ3) is 2.74. The molecule has 8 heteroatoms. The van der Waals surface area contributed by atoms with Crippen LogP contribution >= 0.6 is 0 Å². The molecule has 29 heavy (non-hydrogen) atoms. The van der Waals surface area contributed by atoms with Gasteiger partial charge in [-0.05, 0) is 36.6 Å². The van der Waals surface area contributed by atoms with Gasteiger partial charge in [0.05, 0.1) is 42.8 Å². The molecule has 3 aromatic heterocycles. The Morgan fingerprint density at radius 2 is 2.14 bits per heavy atom. The summed E-state index contributed by atoms with van der Waals surface area (Å²) in [6, 6.07) is 10.4. The highest BCUT2D eigenvalue weighted by molar-refractivity contribution is 5.69. The number of nitrogens with zero attached hydrogens (tertiary/aromatic N) is 6. The number of hydrogen-bond acceptors (Lipinski definition) is 6. The molecule has 1 aromatic carbocycles. The van der Waals surface area contributed by atoms with E-state index in [1.165, 1.54) is 18.4 Å². The Balaban J connectivity index is 1.45. The molecule has 2 aliphatic rings. The number of methoxy groups -OCH3 is 1. The summed E-state index contributed by atoms with van der Waals surface area (Å²) in [6.07, 6.45) is 5.89. The fourth-order valence-corrected chi connectivity index (χ4v) is 4.27. The Morgan fingerprint density at radius 1 is 1.21 bits per heavy atom. The summed E-state index contributed by atoms with van der Waals surface area (Å²) in [4.78, 5) is 10.3. The highest BCUT2D eigenvalue weighted by Gasteiger charge is 2.32. The van der Waals surface area contributed by atoms with Crippen molar-refractivity contribution in [2.24, 2.45) is 0 Å². The van der Waals surface area contributed by atoms with Crippen molar-refractivity contribution in [2.45, 2.75) is 31.2 Å². The first-order valence-corrected chi connectivity index (χ1v) is 9.92. The molecule has 0 amide bonds. The number of aromatic amines is 1. The van der Waals surface area contributed by atoms with Gasteiger partial charge in [0.2, 0.25) is 5.65 Å². The van der Waals surface area contributed by atoms with Crippen LogP contribution in [-0.4, -0.2) is 43.4 Å². The van der Waals surface area contributed by atoms with Crippen LogP contribution in [0.5, 0.6) is 5.75 Å². The molecular formula is C21H21N7O. The van der Waals surface area contributed by atoms with Crippen LogP contribution in [0.25, 0.3) is 5.65 Å². The van der Waals surface area contributed by atoms with Crippen LogP contribution in [0.3, 0.4) is 0 Å². The summed E-state index contributed by atoms with van der Waals surface area (Å²) >= 11 is 0. The largest absolute Gasteiger partial charge is 0.497 e. The minimum atomic E-state index is 0.139. The summed E-state index contributed by atoms with van der Waals surface area (Å²) in [5.74, 6) is 1.55. The van der Waals surface area contributed by atoms with Gasteiger partial charge in [-0.25, -0.2) is 4.98 Å². The SMILES string of the molecule is COc1cccc(C2CN(c3cc(C4CC4)nn4cnnc34)Cc3[nH]cnc32)c1. The van der Waals surface area contributed by atoms with Gasteiger partial charge in [0.25, 0.3) is 0 Å². The van der Waals surface area contributed by atoms with E-state index in [4.69, 9.17) is 9.84 Å². The second-order valence-corrected chi connectivity index (χ2v) is 7.80. The van der Waals surface area contributed by atoms with Gasteiger partial charge < -0.3 is 14.6 Å². The molecule has 1 aliphatic heterocycles. The highest BCUT2D eigenvalue weighted by atomic mass is 16.5. The molecule has 1 aliphatic carbocycles. The number of fused-ring (bicyclic) bond motifs is 2. The summed E-state index contributed by atoms with van der Waals surface area (Å²) in [5, 5.41) is 13.2. The Labute approximate surface area is 167 Å². The zero-order chi connectivity index (χ0) is 19.4. The molecule has 0 saturated heterocycles. The van der Waals surface area contributed by atoms with Crippen LogP contribution in [-0.2, 0) is 6.54 Å². The van der Waals surface area contributed by atoms with Crippen LogP contribution < -0.4 is 9.64 Å². The molecule has 0 radical (unpaired) electrons. The maximum atomic E-state index is 5.45. The van der Waals surface area contributed by atoms with Gasteiger partial charge in [0, 0.05) is 18.4 Å². The van der Waals surface area contributed by atoms with Crippen molar-refractivity contribution in [1.29, 1.82) is 0 Å². The second-order valence-electron chi connectivity index (χ2n) is 7.80.